The summed E-state index contributed by atoms with van der Waals surface area (Å²) in [6.45, 7) is 2.50. The van der Waals surface area contributed by atoms with Gasteiger partial charge in [-0.1, -0.05) is 24.3 Å². The lowest BCUT2D eigenvalue weighted by Crippen LogP contribution is -2.49. The smallest absolute Gasteiger partial charge is 0.329 e. The number of para-hydroxylation sites is 1. The van der Waals surface area contributed by atoms with Crippen LogP contribution in [0.1, 0.15) is 15.9 Å². The molecule has 33 heavy (non-hydrogen) atoms. The number of anilines is 1. The SMILES string of the molecule is O=C(c1cccc(Cn2c(=O)[nH]c3ccccc3c2=O)c1)N1CCN(c2ncccn2)CC1. The fraction of sp³-hybridized carbons (Fsp3) is 0.208. The number of aromatic nitrogens is 4. The predicted octanol–water partition coefficient (Wildman–Crippen LogP) is 1.49. The van der Waals surface area contributed by atoms with Crippen molar-refractivity contribution < 1.29 is 4.79 Å². The molecule has 1 amide bonds. The highest BCUT2D eigenvalue weighted by atomic mass is 16.2. The van der Waals surface area contributed by atoms with Gasteiger partial charge in [0.2, 0.25) is 5.95 Å². The van der Waals surface area contributed by atoms with Crippen molar-refractivity contribution in [2.75, 3.05) is 31.1 Å². The molecule has 4 aromatic rings. The van der Waals surface area contributed by atoms with Gasteiger partial charge in [0.05, 0.1) is 17.4 Å². The second-order valence-corrected chi connectivity index (χ2v) is 7.90. The molecule has 1 aliphatic heterocycles. The van der Waals surface area contributed by atoms with Crippen LogP contribution in [0.25, 0.3) is 10.9 Å². The third-order valence-electron chi connectivity index (χ3n) is 5.81. The predicted molar refractivity (Wildman–Crippen MR) is 125 cm³/mol. The van der Waals surface area contributed by atoms with Gasteiger partial charge >= 0.3 is 5.69 Å². The van der Waals surface area contributed by atoms with E-state index in [1.165, 1.54) is 0 Å². The monoisotopic (exact) mass is 442 g/mol. The van der Waals surface area contributed by atoms with E-state index in [1.54, 1.807) is 65.8 Å². The second kappa shape index (κ2) is 8.70. The summed E-state index contributed by atoms with van der Waals surface area (Å²) in [6.07, 6.45) is 3.41. The number of carbonyl (C=O) groups is 1. The van der Waals surface area contributed by atoms with Crippen molar-refractivity contribution in [1.82, 2.24) is 24.4 Å². The van der Waals surface area contributed by atoms with Crippen LogP contribution in [0.15, 0.2) is 76.6 Å². The number of fused-ring (bicyclic) bond motifs is 1. The van der Waals surface area contributed by atoms with Gasteiger partial charge < -0.3 is 14.8 Å². The largest absolute Gasteiger partial charge is 0.337 e. The summed E-state index contributed by atoms with van der Waals surface area (Å²) in [6, 6.07) is 15.8. The van der Waals surface area contributed by atoms with Crippen molar-refractivity contribution >= 4 is 22.8 Å². The van der Waals surface area contributed by atoms with Gasteiger partial charge in [-0.15, -0.1) is 0 Å². The standard InChI is InChI=1S/C24H22N6O3/c31-21(28-11-13-29(14-12-28)23-25-9-4-10-26-23)18-6-3-5-17(15-18)16-30-22(32)19-7-1-2-8-20(19)27-24(30)33/h1-10,15H,11-14,16H2,(H,27,33). The fourth-order valence-corrected chi connectivity index (χ4v) is 4.07. The van der Waals surface area contributed by atoms with Gasteiger partial charge in [-0.25, -0.2) is 14.8 Å². The zero-order chi connectivity index (χ0) is 22.8. The van der Waals surface area contributed by atoms with Gasteiger partial charge in [0.1, 0.15) is 0 Å². The van der Waals surface area contributed by atoms with Crippen LogP contribution < -0.4 is 16.1 Å². The molecule has 0 spiro atoms. The highest BCUT2D eigenvalue weighted by Gasteiger charge is 2.23. The number of hydrogen-bond acceptors (Lipinski definition) is 6. The maximum atomic E-state index is 13.1. The number of rotatable bonds is 4. The molecule has 9 nitrogen and oxygen atoms in total. The zero-order valence-corrected chi connectivity index (χ0v) is 17.8. The minimum atomic E-state index is -0.477. The van der Waals surface area contributed by atoms with Gasteiger partial charge in [-0.05, 0) is 35.9 Å². The molecule has 1 fully saturated rings. The molecule has 0 radical (unpaired) electrons. The molecule has 1 N–H and O–H groups in total. The van der Waals surface area contributed by atoms with Crippen molar-refractivity contribution in [2.45, 2.75) is 6.54 Å². The Morgan fingerprint density at radius 3 is 2.45 bits per heavy atom. The van der Waals surface area contributed by atoms with Crippen LogP contribution in [0.3, 0.4) is 0 Å². The quantitative estimate of drug-likeness (QED) is 0.514. The number of nitrogens with one attached hydrogen (secondary N) is 1. The van der Waals surface area contributed by atoms with E-state index in [9.17, 15) is 14.4 Å². The third-order valence-corrected chi connectivity index (χ3v) is 5.81. The van der Waals surface area contributed by atoms with Gasteiger partial charge in [-0.3, -0.25) is 14.2 Å². The minimum Gasteiger partial charge on any atom is -0.337 e. The van der Waals surface area contributed by atoms with Crippen LogP contribution in [0.2, 0.25) is 0 Å². The van der Waals surface area contributed by atoms with Crippen molar-refractivity contribution in [3.05, 3.63) is 99.0 Å². The molecule has 5 rings (SSSR count). The Morgan fingerprint density at radius 2 is 1.67 bits per heavy atom. The number of H-pyrrole nitrogens is 1. The molecule has 0 bridgehead atoms. The Labute approximate surface area is 189 Å². The molecule has 3 heterocycles. The molecule has 0 saturated carbocycles. The molecule has 9 heteroatoms. The van der Waals surface area contributed by atoms with E-state index in [2.05, 4.69) is 19.9 Å². The second-order valence-electron chi connectivity index (χ2n) is 7.90. The van der Waals surface area contributed by atoms with Crippen molar-refractivity contribution in [3.63, 3.8) is 0 Å². The Morgan fingerprint density at radius 1 is 0.909 bits per heavy atom. The maximum Gasteiger partial charge on any atom is 0.329 e. The van der Waals surface area contributed by atoms with E-state index in [1.807, 2.05) is 6.07 Å². The summed E-state index contributed by atoms with van der Waals surface area (Å²) in [5, 5.41) is 0.449. The summed E-state index contributed by atoms with van der Waals surface area (Å²) in [5.41, 5.74) is 0.912. The van der Waals surface area contributed by atoms with Gasteiger partial charge in [-0.2, -0.15) is 0 Å². The van der Waals surface area contributed by atoms with Crippen molar-refractivity contribution in [2.24, 2.45) is 0 Å². The topological polar surface area (TPSA) is 104 Å². The maximum absolute atomic E-state index is 13.1. The first kappa shape index (κ1) is 20.6. The molecule has 2 aromatic carbocycles. The van der Waals surface area contributed by atoms with Crippen LogP contribution in [0, 0.1) is 0 Å². The number of carbonyl (C=O) groups excluding carboxylic acids is 1. The van der Waals surface area contributed by atoms with Gasteiger partial charge in [0.15, 0.2) is 0 Å². The van der Waals surface area contributed by atoms with Crippen LogP contribution in [-0.4, -0.2) is 56.5 Å². The summed E-state index contributed by atoms with van der Waals surface area (Å²) in [5.74, 6) is 0.586. The van der Waals surface area contributed by atoms with Crippen molar-refractivity contribution in [3.8, 4) is 0 Å². The van der Waals surface area contributed by atoms with E-state index < -0.39 is 5.69 Å². The fourth-order valence-electron chi connectivity index (χ4n) is 4.07. The van der Waals surface area contributed by atoms with Crippen LogP contribution in [0.4, 0.5) is 5.95 Å². The van der Waals surface area contributed by atoms with Gasteiger partial charge in [0, 0.05) is 44.1 Å². The first-order valence-corrected chi connectivity index (χ1v) is 10.7. The molecule has 1 aliphatic rings. The molecular formula is C24H22N6O3. The molecule has 1 saturated heterocycles. The Balaban J connectivity index is 1.33. The number of amides is 1. The third kappa shape index (κ3) is 4.12. The minimum absolute atomic E-state index is 0.0785. The van der Waals surface area contributed by atoms with E-state index in [0.29, 0.717) is 54.2 Å². The molecule has 2 aromatic heterocycles. The van der Waals surface area contributed by atoms with E-state index in [-0.39, 0.29) is 18.0 Å². The molecule has 166 valence electrons. The summed E-state index contributed by atoms with van der Waals surface area (Å²) < 4.78 is 1.16. The first-order valence-electron chi connectivity index (χ1n) is 10.7. The summed E-state index contributed by atoms with van der Waals surface area (Å²) in [7, 11) is 0. The normalized spacial score (nSPS) is 13.9. The van der Waals surface area contributed by atoms with Crippen LogP contribution in [-0.2, 0) is 6.54 Å². The number of aromatic amines is 1. The average Bonchev–Trinajstić information content (AvgIpc) is 2.87. The van der Waals surface area contributed by atoms with Crippen molar-refractivity contribution in [1.29, 1.82) is 0 Å². The first-order chi connectivity index (χ1) is 16.1. The Bertz CT molecular complexity index is 1420. The lowest BCUT2D eigenvalue weighted by Gasteiger charge is -2.34. The highest BCUT2D eigenvalue weighted by Crippen LogP contribution is 2.14. The number of hydrogen-bond donors (Lipinski definition) is 1. The average molecular weight is 442 g/mol. The molecular weight excluding hydrogens is 420 g/mol. The molecule has 0 atom stereocenters. The van der Waals surface area contributed by atoms with E-state index in [0.717, 1.165) is 4.57 Å². The highest BCUT2D eigenvalue weighted by molar-refractivity contribution is 5.94. The Kier molecular flexibility index (Phi) is 5.43. The summed E-state index contributed by atoms with van der Waals surface area (Å²) in [4.78, 5) is 53.5. The Hall–Kier alpha value is -4.27. The van der Waals surface area contributed by atoms with E-state index >= 15 is 0 Å². The number of nitrogens with zero attached hydrogens (tertiary/aromatic N) is 5. The summed E-state index contributed by atoms with van der Waals surface area (Å²) >= 11 is 0. The number of piperazine rings is 1. The zero-order valence-electron chi connectivity index (χ0n) is 17.8. The molecule has 0 aliphatic carbocycles. The van der Waals surface area contributed by atoms with E-state index in [4.69, 9.17) is 0 Å². The number of benzene rings is 2. The molecule has 0 unspecified atom stereocenters. The van der Waals surface area contributed by atoms with Crippen LogP contribution in [0.5, 0.6) is 0 Å². The van der Waals surface area contributed by atoms with Crippen LogP contribution >= 0.6 is 0 Å². The lowest BCUT2D eigenvalue weighted by molar-refractivity contribution is 0.0746. The lowest BCUT2D eigenvalue weighted by atomic mass is 10.1. The van der Waals surface area contributed by atoms with Gasteiger partial charge in [0.25, 0.3) is 11.5 Å².